The molecule has 4 rings (SSSR count). The van der Waals surface area contributed by atoms with E-state index in [0.29, 0.717) is 18.8 Å². The van der Waals surface area contributed by atoms with Gasteiger partial charge in [0.2, 0.25) is 0 Å². The highest BCUT2D eigenvalue weighted by molar-refractivity contribution is 5.91. The van der Waals surface area contributed by atoms with Crippen LogP contribution in [0.4, 0.5) is 0 Å². The zero-order valence-electron chi connectivity index (χ0n) is 21.0. The molecule has 1 N–H and O–H groups in total. The molecule has 0 aromatic heterocycles. The second kappa shape index (κ2) is 9.21. The average Bonchev–Trinajstić information content (AvgIpc) is 2.84. The quantitative estimate of drug-likeness (QED) is 0.436. The molecule has 5 heteroatoms. The third-order valence-electron chi connectivity index (χ3n) is 7.41. The molecule has 0 fully saturated rings. The minimum absolute atomic E-state index is 0.240. The molecular formula is C29H34O5. The zero-order chi connectivity index (χ0) is 24.6. The molecule has 0 bridgehead atoms. The van der Waals surface area contributed by atoms with E-state index < -0.39 is 5.60 Å². The molecule has 3 aromatic rings. The van der Waals surface area contributed by atoms with Crippen molar-refractivity contribution >= 4 is 16.7 Å². The van der Waals surface area contributed by atoms with E-state index in [1.54, 1.807) is 7.11 Å². The highest BCUT2D eigenvalue weighted by atomic mass is 16.5. The minimum atomic E-state index is -0.423. The van der Waals surface area contributed by atoms with Crippen LogP contribution in [0.1, 0.15) is 60.4 Å². The maximum Gasteiger partial charge on any atom is 0.313 e. The van der Waals surface area contributed by atoms with Gasteiger partial charge < -0.3 is 19.3 Å². The number of phenolic OH excluding ortho intramolecular Hbond substituents is 1. The number of hydrogen-bond donors (Lipinski definition) is 1. The van der Waals surface area contributed by atoms with Gasteiger partial charge in [0.05, 0.1) is 19.6 Å². The molecule has 0 unspecified atom stereocenters. The first-order chi connectivity index (χ1) is 16.1. The topological polar surface area (TPSA) is 65.0 Å². The maximum atomic E-state index is 12.9. The SMILES string of the molecule is COc1ccc2c([C@H](C)C(=O)OCC[C@@]3(C)CCc4c(C)c(O)c(C)c(C)c4O3)cccc2c1. The van der Waals surface area contributed by atoms with Gasteiger partial charge in [0, 0.05) is 12.0 Å². The molecular weight excluding hydrogens is 428 g/mol. The Bertz CT molecular complexity index is 1250. The molecule has 0 spiro atoms. The predicted molar refractivity (Wildman–Crippen MR) is 134 cm³/mol. The molecule has 3 aromatic carbocycles. The van der Waals surface area contributed by atoms with Crippen molar-refractivity contribution in [3.8, 4) is 17.2 Å². The van der Waals surface area contributed by atoms with Gasteiger partial charge in [-0.15, -0.1) is 0 Å². The number of aromatic hydroxyl groups is 1. The lowest BCUT2D eigenvalue weighted by Gasteiger charge is -2.38. The Hall–Kier alpha value is -3.21. The number of carbonyl (C=O) groups excluding carboxylic acids is 1. The van der Waals surface area contributed by atoms with Crippen LogP contribution in [-0.4, -0.2) is 30.4 Å². The first kappa shape index (κ1) is 23.9. The Morgan fingerprint density at radius 2 is 1.91 bits per heavy atom. The van der Waals surface area contributed by atoms with Crippen LogP contribution in [0.2, 0.25) is 0 Å². The fourth-order valence-corrected chi connectivity index (χ4v) is 4.88. The molecule has 34 heavy (non-hydrogen) atoms. The molecule has 0 amide bonds. The zero-order valence-corrected chi connectivity index (χ0v) is 21.0. The predicted octanol–water partition coefficient (Wildman–Crippen LogP) is 6.30. The molecule has 1 aliphatic rings. The third-order valence-corrected chi connectivity index (χ3v) is 7.41. The monoisotopic (exact) mass is 462 g/mol. The van der Waals surface area contributed by atoms with Crippen LogP contribution in [0.3, 0.4) is 0 Å². The molecule has 0 saturated heterocycles. The van der Waals surface area contributed by atoms with Gasteiger partial charge in [-0.3, -0.25) is 4.79 Å². The third kappa shape index (κ3) is 4.31. The second-order valence-corrected chi connectivity index (χ2v) is 9.66. The number of fused-ring (bicyclic) bond motifs is 2. The lowest BCUT2D eigenvalue weighted by molar-refractivity contribution is -0.146. The Morgan fingerprint density at radius 3 is 2.65 bits per heavy atom. The van der Waals surface area contributed by atoms with Crippen molar-refractivity contribution in [2.75, 3.05) is 13.7 Å². The van der Waals surface area contributed by atoms with Gasteiger partial charge in [-0.1, -0.05) is 24.3 Å². The first-order valence-corrected chi connectivity index (χ1v) is 11.9. The van der Waals surface area contributed by atoms with E-state index >= 15 is 0 Å². The summed E-state index contributed by atoms with van der Waals surface area (Å²) in [5.41, 5.74) is 4.33. The fourth-order valence-electron chi connectivity index (χ4n) is 4.88. The summed E-state index contributed by atoms with van der Waals surface area (Å²) in [7, 11) is 1.65. The van der Waals surface area contributed by atoms with Crippen molar-refractivity contribution in [2.24, 2.45) is 0 Å². The van der Waals surface area contributed by atoms with Crippen molar-refractivity contribution in [3.63, 3.8) is 0 Å². The molecule has 2 atom stereocenters. The van der Waals surface area contributed by atoms with Gasteiger partial charge in [-0.05, 0) is 92.6 Å². The second-order valence-electron chi connectivity index (χ2n) is 9.66. The highest BCUT2D eigenvalue weighted by Crippen LogP contribution is 2.44. The number of esters is 1. The number of methoxy groups -OCH3 is 1. The summed E-state index contributed by atoms with van der Waals surface area (Å²) >= 11 is 0. The molecule has 5 nitrogen and oxygen atoms in total. The number of phenols is 1. The Balaban J connectivity index is 1.43. The summed E-state index contributed by atoms with van der Waals surface area (Å²) in [4.78, 5) is 12.9. The largest absolute Gasteiger partial charge is 0.507 e. The van der Waals surface area contributed by atoms with Crippen LogP contribution < -0.4 is 9.47 Å². The molecule has 0 aliphatic carbocycles. The van der Waals surface area contributed by atoms with E-state index in [4.69, 9.17) is 14.2 Å². The standard InChI is InChI=1S/C29H34O5/c1-17-18(2)27-24(19(3)26(17)30)12-13-29(5,34-27)14-15-33-28(31)20(4)23-9-7-8-21-16-22(32-6)10-11-25(21)23/h7-11,16,20,30H,12-15H2,1-6H3/t20-,29+/m0/s1. The Morgan fingerprint density at radius 1 is 1.15 bits per heavy atom. The van der Waals surface area contributed by atoms with Crippen molar-refractivity contribution < 1.29 is 24.1 Å². The highest BCUT2D eigenvalue weighted by Gasteiger charge is 2.35. The summed E-state index contributed by atoms with van der Waals surface area (Å²) in [6.07, 6.45) is 2.24. The van der Waals surface area contributed by atoms with E-state index in [1.165, 1.54) is 0 Å². The van der Waals surface area contributed by atoms with E-state index in [-0.39, 0.29) is 11.9 Å². The summed E-state index contributed by atoms with van der Waals surface area (Å²) in [6, 6.07) is 11.8. The van der Waals surface area contributed by atoms with Gasteiger partial charge in [-0.2, -0.15) is 0 Å². The number of carbonyl (C=O) groups is 1. The number of ether oxygens (including phenoxy) is 3. The van der Waals surface area contributed by atoms with Crippen molar-refractivity contribution in [3.05, 3.63) is 64.2 Å². The van der Waals surface area contributed by atoms with Crippen molar-refractivity contribution in [1.82, 2.24) is 0 Å². The Kier molecular flexibility index (Phi) is 6.48. The lowest BCUT2D eigenvalue weighted by Crippen LogP contribution is -2.38. The fraction of sp³-hybridized carbons (Fsp3) is 0.414. The van der Waals surface area contributed by atoms with Crippen LogP contribution in [0.15, 0.2) is 36.4 Å². The summed E-state index contributed by atoms with van der Waals surface area (Å²) in [5, 5.41) is 12.5. The molecule has 1 heterocycles. The van der Waals surface area contributed by atoms with Gasteiger partial charge in [0.1, 0.15) is 22.8 Å². The van der Waals surface area contributed by atoms with Crippen LogP contribution in [0.25, 0.3) is 10.8 Å². The van der Waals surface area contributed by atoms with E-state index in [0.717, 1.165) is 62.9 Å². The minimum Gasteiger partial charge on any atom is -0.507 e. The molecule has 1 aliphatic heterocycles. The maximum absolute atomic E-state index is 12.9. The molecule has 0 saturated carbocycles. The van der Waals surface area contributed by atoms with Crippen LogP contribution >= 0.6 is 0 Å². The number of rotatable bonds is 6. The summed E-state index contributed by atoms with van der Waals surface area (Å²) in [5.74, 6) is 1.40. The van der Waals surface area contributed by atoms with Gasteiger partial charge in [-0.25, -0.2) is 0 Å². The van der Waals surface area contributed by atoms with Crippen molar-refractivity contribution in [1.29, 1.82) is 0 Å². The molecule has 180 valence electrons. The summed E-state index contributed by atoms with van der Waals surface area (Å²) in [6.45, 7) is 10.1. The van der Waals surface area contributed by atoms with E-state index in [2.05, 4.69) is 6.92 Å². The van der Waals surface area contributed by atoms with Crippen molar-refractivity contribution in [2.45, 2.75) is 65.4 Å². The van der Waals surface area contributed by atoms with Gasteiger partial charge in [0.25, 0.3) is 0 Å². The summed E-state index contributed by atoms with van der Waals surface area (Å²) < 4.78 is 17.5. The lowest BCUT2D eigenvalue weighted by atomic mass is 9.86. The van der Waals surface area contributed by atoms with Crippen LogP contribution in [0.5, 0.6) is 17.2 Å². The average molecular weight is 463 g/mol. The Labute approximate surface area is 201 Å². The molecule has 0 radical (unpaired) electrons. The smallest absolute Gasteiger partial charge is 0.313 e. The number of benzene rings is 3. The van der Waals surface area contributed by atoms with E-state index in [9.17, 15) is 9.90 Å². The van der Waals surface area contributed by atoms with Gasteiger partial charge in [0.15, 0.2) is 0 Å². The number of hydrogen-bond acceptors (Lipinski definition) is 5. The van der Waals surface area contributed by atoms with Gasteiger partial charge >= 0.3 is 5.97 Å². The van der Waals surface area contributed by atoms with Crippen LogP contribution in [-0.2, 0) is 16.0 Å². The first-order valence-electron chi connectivity index (χ1n) is 11.9. The normalized spacial score (nSPS) is 18.2. The van der Waals surface area contributed by atoms with E-state index in [1.807, 2.05) is 64.1 Å². The van der Waals surface area contributed by atoms with Crippen LogP contribution in [0, 0.1) is 20.8 Å².